The molecule has 0 amide bonds. The molecule has 0 radical (unpaired) electrons. The molecule has 0 fully saturated rings. The Morgan fingerprint density at radius 1 is 1.20 bits per heavy atom. The Kier molecular flexibility index (Phi) is 4.47. The number of hydrogen-bond donors (Lipinski definition) is 1. The molecule has 0 bridgehead atoms. The summed E-state index contributed by atoms with van der Waals surface area (Å²) in [5, 5.41) is 14.8. The van der Waals surface area contributed by atoms with Crippen molar-refractivity contribution in [3.05, 3.63) is 67.7 Å². The molecule has 4 nitrogen and oxygen atoms in total. The summed E-state index contributed by atoms with van der Waals surface area (Å²) in [4.78, 5) is 10.2. The van der Waals surface area contributed by atoms with E-state index in [-0.39, 0.29) is 5.69 Å². The van der Waals surface area contributed by atoms with E-state index in [9.17, 15) is 10.1 Å². The Morgan fingerprint density at radius 2 is 1.95 bits per heavy atom. The van der Waals surface area contributed by atoms with E-state index in [1.54, 1.807) is 12.1 Å². The lowest BCUT2D eigenvalue weighted by molar-refractivity contribution is -0.384. The summed E-state index contributed by atoms with van der Waals surface area (Å²) in [5.41, 5.74) is 2.61. The van der Waals surface area contributed by atoms with Gasteiger partial charge in [-0.1, -0.05) is 35.3 Å². The number of aryl methyl sites for hydroxylation is 1. The molecule has 0 aliphatic rings. The molecule has 0 saturated carbocycles. The molecule has 104 valence electrons. The molecular weight excluding hydrogens is 299 g/mol. The number of hydrogen-bond acceptors (Lipinski definition) is 3. The Balaban J connectivity index is 2.17. The molecule has 0 aromatic heterocycles. The number of nitrogens with one attached hydrogen (secondary N) is 1. The lowest BCUT2D eigenvalue weighted by Crippen LogP contribution is -2.02. The van der Waals surface area contributed by atoms with Crippen LogP contribution in [0.1, 0.15) is 11.1 Å². The zero-order chi connectivity index (χ0) is 14.7. The number of nitro benzene ring substituents is 1. The van der Waals surface area contributed by atoms with Crippen LogP contribution in [-0.4, -0.2) is 4.92 Å². The maximum atomic E-state index is 10.6. The predicted molar refractivity (Wildman–Crippen MR) is 81.6 cm³/mol. The van der Waals surface area contributed by atoms with E-state index >= 15 is 0 Å². The van der Waals surface area contributed by atoms with Crippen LogP contribution in [0, 0.1) is 17.0 Å². The molecule has 0 atom stereocenters. The quantitative estimate of drug-likeness (QED) is 0.650. The van der Waals surface area contributed by atoms with E-state index < -0.39 is 4.92 Å². The van der Waals surface area contributed by atoms with Gasteiger partial charge in [-0.25, -0.2) is 0 Å². The van der Waals surface area contributed by atoms with E-state index in [1.807, 2.05) is 19.1 Å². The minimum atomic E-state index is -0.471. The minimum absolute atomic E-state index is 0.0207. The third-order valence-electron chi connectivity index (χ3n) is 2.93. The van der Waals surface area contributed by atoms with Crippen LogP contribution in [0.3, 0.4) is 0 Å². The molecule has 0 aliphatic carbocycles. The third kappa shape index (κ3) is 3.21. The van der Waals surface area contributed by atoms with Gasteiger partial charge < -0.3 is 5.32 Å². The van der Waals surface area contributed by atoms with Crippen molar-refractivity contribution in [3.63, 3.8) is 0 Å². The number of rotatable bonds is 4. The van der Waals surface area contributed by atoms with Crippen LogP contribution in [-0.2, 0) is 6.54 Å². The summed E-state index contributed by atoms with van der Waals surface area (Å²) in [6, 6.07) is 10.0. The highest BCUT2D eigenvalue weighted by Crippen LogP contribution is 2.28. The lowest BCUT2D eigenvalue weighted by atomic mass is 10.1. The number of benzene rings is 2. The highest BCUT2D eigenvalue weighted by Gasteiger charge is 2.10. The first-order chi connectivity index (χ1) is 9.49. The van der Waals surface area contributed by atoms with Crippen molar-refractivity contribution in [1.82, 2.24) is 0 Å². The molecule has 0 spiro atoms. The first-order valence-corrected chi connectivity index (χ1v) is 6.66. The van der Waals surface area contributed by atoms with Crippen molar-refractivity contribution in [2.75, 3.05) is 5.32 Å². The molecule has 0 unspecified atom stereocenters. The summed E-state index contributed by atoms with van der Waals surface area (Å²) in [7, 11) is 0. The van der Waals surface area contributed by atoms with Crippen molar-refractivity contribution >= 4 is 34.6 Å². The van der Waals surface area contributed by atoms with Crippen LogP contribution < -0.4 is 5.32 Å². The van der Waals surface area contributed by atoms with Gasteiger partial charge in [-0.3, -0.25) is 10.1 Å². The average Bonchev–Trinajstić information content (AvgIpc) is 2.39. The molecule has 2 rings (SSSR count). The van der Waals surface area contributed by atoms with Gasteiger partial charge in [0.05, 0.1) is 20.7 Å². The second-order valence-corrected chi connectivity index (χ2v) is 5.13. The van der Waals surface area contributed by atoms with Gasteiger partial charge in [0, 0.05) is 18.7 Å². The van der Waals surface area contributed by atoms with E-state index in [0.717, 1.165) is 16.8 Å². The van der Waals surface area contributed by atoms with E-state index in [2.05, 4.69) is 5.32 Å². The van der Waals surface area contributed by atoms with Crippen molar-refractivity contribution in [2.24, 2.45) is 0 Å². The van der Waals surface area contributed by atoms with Crippen LogP contribution in [0.15, 0.2) is 36.4 Å². The van der Waals surface area contributed by atoms with Crippen molar-refractivity contribution in [1.29, 1.82) is 0 Å². The number of anilines is 1. The minimum Gasteiger partial charge on any atom is -0.379 e. The fourth-order valence-electron chi connectivity index (χ4n) is 1.83. The van der Waals surface area contributed by atoms with Crippen LogP contribution in [0.4, 0.5) is 11.4 Å². The lowest BCUT2D eigenvalue weighted by Gasteiger charge is -2.12. The Morgan fingerprint density at radius 3 is 2.55 bits per heavy atom. The molecule has 6 heteroatoms. The summed E-state index contributed by atoms with van der Waals surface area (Å²) >= 11 is 12.2. The highest BCUT2D eigenvalue weighted by molar-refractivity contribution is 6.33. The largest absolute Gasteiger partial charge is 0.379 e. The second-order valence-electron chi connectivity index (χ2n) is 4.32. The maximum absolute atomic E-state index is 10.6. The summed E-state index contributed by atoms with van der Waals surface area (Å²) < 4.78 is 0. The standard InChI is InChI=1S/C14H12Cl2N2O2/c1-9-3-2-4-12(15)14(9)17-8-10-5-6-11(18(19)20)7-13(10)16/h2-7,17H,8H2,1H3. The van der Waals surface area contributed by atoms with Gasteiger partial charge in [0.25, 0.3) is 5.69 Å². The molecule has 0 saturated heterocycles. The van der Waals surface area contributed by atoms with E-state index in [4.69, 9.17) is 23.2 Å². The summed E-state index contributed by atoms with van der Waals surface area (Å²) in [5.74, 6) is 0. The van der Waals surface area contributed by atoms with Gasteiger partial charge in [-0.05, 0) is 30.2 Å². The van der Waals surface area contributed by atoms with Gasteiger partial charge in [0.1, 0.15) is 0 Å². The van der Waals surface area contributed by atoms with E-state index in [1.165, 1.54) is 12.1 Å². The molecule has 2 aromatic carbocycles. The number of halogens is 2. The van der Waals surface area contributed by atoms with Crippen molar-refractivity contribution in [2.45, 2.75) is 13.5 Å². The zero-order valence-electron chi connectivity index (χ0n) is 10.7. The average molecular weight is 311 g/mol. The predicted octanol–water partition coefficient (Wildman–Crippen LogP) is 4.82. The van der Waals surface area contributed by atoms with Gasteiger partial charge in [0.2, 0.25) is 0 Å². The Labute approximate surface area is 126 Å². The molecule has 20 heavy (non-hydrogen) atoms. The number of nitro groups is 1. The van der Waals surface area contributed by atoms with Crippen LogP contribution in [0.5, 0.6) is 0 Å². The maximum Gasteiger partial charge on any atom is 0.270 e. The molecule has 0 aliphatic heterocycles. The SMILES string of the molecule is Cc1cccc(Cl)c1NCc1ccc([N+](=O)[O-])cc1Cl. The van der Waals surface area contributed by atoms with Crippen molar-refractivity contribution in [3.8, 4) is 0 Å². The number of nitrogens with zero attached hydrogens (tertiary/aromatic N) is 1. The van der Waals surface area contributed by atoms with Crippen LogP contribution in [0.25, 0.3) is 0 Å². The molecule has 0 heterocycles. The van der Waals surface area contributed by atoms with Crippen molar-refractivity contribution < 1.29 is 4.92 Å². The molecule has 2 aromatic rings. The second kappa shape index (κ2) is 6.11. The van der Waals surface area contributed by atoms with Gasteiger partial charge in [-0.15, -0.1) is 0 Å². The fraction of sp³-hybridized carbons (Fsp3) is 0.143. The van der Waals surface area contributed by atoms with Crippen LogP contribution in [0.2, 0.25) is 10.0 Å². The van der Waals surface area contributed by atoms with Gasteiger partial charge in [-0.2, -0.15) is 0 Å². The van der Waals surface area contributed by atoms with E-state index in [0.29, 0.717) is 16.6 Å². The zero-order valence-corrected chi connectivity index (χ0v) is 12.2. The summed E-state index contributed by atoms with van der Waals surface area (Å²) in [6.07, 6.45) is 0. The summed E-state index contributed by atoms with van der Waals surface area (Å²) in [6.45, 7) is 2.40. The number of para-hydroxylation sites is 1. The monoisotopic (exact) mass is 310 g/mol. The highest BCUT2D eigenvalue weighted by atomic mass is 35.5. The smallest absolute Gasteiger partial charge is 0.270 e. The molecular formula is C14H12Cl2N2O2. The van der Waals surface area contributed by atoms with Crippen LogP contribution >= 0.6 is 23.2 Å². The Hall–Kier alpha value is -1.78. The normalized spacial score (nSPS) is 10.3. The van der Waals surface area contributed by atoms with Gasteiger partial charge >= 0.3 is 0 Å². The fourth-order valence-corrected chi connectivity index (χ4v) is 2.36. The topological polar surface area (TPSA) is 55.2 Å². The first kappa shape index (κ1) is 14.6. The Bertz CT molecular complexity index is 639. The number of non-ortho nitro benzene ring substituents is 1. The first-order valence-electron chi connectivity index (χ1n) is 5.91. The van der Waals surface area contributed by atoms with Gasteiger partial charge in [0.15, 0.2) is 0 Å². The third-order valence-corrected chi connectivity index (χ3v) is 3.59. The molecule has 1 N–H and O–H groups in total.